The molecular weight excluding hydrogens is 825 g/mol. The molecule has 0 spiro atoms. The Kier molecular flexibility index (Phi) is 6.84. The average Bonchev–Trinajstić information content (AvgIpc) is 4.19. The minimum absolute atomic E-state index is 1.28. The van der Waals surface area contributed by atoms with E-state index in [0.29, 0.717) is 0 Å². The summed E-state index contributed by atoms with van der Waals surface area (Å²) < 4.78 is 0. The molecule has 0 radical (unpaired) electrons. The van der Waals surface area contributed by atoms with Gasteiger partial charge < -0.3 is 0 Å². The fourth-order valence-electron chi connectivity index (χ4n) is 11.1. The van der Waals surface area contributed by atoms with E-state index in [9.17, 15) is 0 Å². The van der Waals surface area contributed by atoms with Gasteiger partial charge in [-0.1, -0.05) is 115 Å². The lowest BCUT2D eigenvalue weighted by molar-refractivity contribution is 1.73. The Morgan fingerprint density at radius 3 is 1.56 bits per heavy atom. The minimum atomic E-state index is 1.28. The van der Waals surface area contributed by atoms with Crippen molar-refractivity contribution in [3.05, 3.63) is 181 Å². The lowest BCUT2D eigenvalue weighted by atomic mass is 9.83. The molecule has 2 aliphatic rings. The molecule has 15 rings (SSSR count). The summed E-state index contributed by atoms with van der Waals surface area (Å²) >= 11 is 7.50. The largest absolute Gasteiger partial charge is 0.143 e. The summed E-state index contributed by atoms with van der Waals surface area (Å²) in [5.74, 6) is 0. The number of thiophene rings is 4. The van der Waals surface area contributed by atoms with Crippen LogP contribution in [0.25, 0.3) is 150 Å². The first kappa shape index (κ1) is 34.0. The topological polar surface area (TPSA) is 0 Å². The summed E-state index contributed by atoms with van der Waals surface area (Å²) in [5, 5.41) is 20.2. The molecule has 4 heterocycles. The Labute approximate surface area is 372 Å². The smallest absolute Gasteiger partial charge is 0.0449 e. The molecule has 9 aromatic carbocycles. The van der Waals surface area contributed by atoms with Crippen LogP contribution < -0.4 is 0 Å². The van der Waals surface area contributed by atoms with Gasteiger partial charge in [0.15, 0.2) is 0 Å². The standard InChI is InChI=1S/C58H30S4/c1-2-11-34-32(8-1)29-45-53-36(34)14-5-15-40(53)56-57(45)55(50-24-22-48(61-50)46-16-6-26-59-46)41-21-20-35-39(54(41)58(56)51-25-23-49(62-51)47-17-7-27-60-47)19-18-33-28-43-37-12-3-9-31-10-4-13-38(52(31)37)44(43)30-42(33)35/h1-30H. The molecule has 0 N–H and O–H groups in total. The molecule has 0 saturated carbocycles. The Bertz CT molecular complexity index is 4080. The first-order chi connectivity index (χ1) is 30.7. The zero-order valence-electron chi connectivity index (χ0n) is 33.0. The number of hydrogen-bond acceptors (Lipinski definition) is 4. The highest BCUT2D eigenvalue weighted by Crippen LogP contribution is 2.61. The molecule has 0 bridgehead atoms. The molecule has 0 fully saturated rings. The maximum atomic E-state index is 2.50. The highest BCUT2D eigenvalue weighted by Gasteiger charge is 2.33. The zero-order valence-corrected chi connectivity index (χ0v) is 36.2. The van der Waals surface area contributed by atoms with Crippen LogP contribution in [-0.2, 0) is 0 Å². The van der Waals surface area contributed by atoms with Crippen molar-refractivity contribution in [3.8, 4) is 84.9 Å². The summed E-state index contributed by atoms with van der Waals surface area (Å²) in [6.45, 7) is 0. The van der Waals surface area contributed by atoms with E-state index in [1.807, 2.05) is 45.3 Å². The number of hydrogen-bond donors (Lipinski definition) is 0. The van der Waals surface area contributed by atoms with Gasteiger partial charge in [-0.05, 0) is 163 Å². The third-order valence-corrected chi connectivity index (χ3v) is 17.9. The maximum Gasteiger partial charge on any atom is 0.0449 e. The maximum absolute atomic E-state index is 2.50. The van der Waals surface area contributed by atoms with E-state index in [4.69, 9.17) is 0 Å². The monoisotopic (exact) mass is 854 g/mol. The third kappa shape index (κ3) is 4.49. The van der Waals surface area contributed by atoms with E-state index < -0.39 is 0 Å². The Morgan fingerprint density at radius 2 is 0.806 bits per heavy atom. The van der Waals surface area contributed by atoms with Crippen LogP contribution in [0.15, 0.2) is 181 Å². The van der Waals surface area contributed by atoms with E-state index in [-0.39, 0.29) is 0 Å². The summed E-state index contributed by atoms with van der Waals surface area (Å²) in [5.41, 5.74) is 13.4. The van der Waals surface area contributed by atoms with E-state index >= 15 is 0 Å². The zero-order chi connectivity index (χ0) is 40.2. The molecule has 0 saturated heterocycles. The third-order valence-electron chi connectivity index (χ3n) is 13.6. The fraction of sp³-hybridized carbons (Fsp3) is 0. The summed E-state index contributed by atoms with van der Waals surface area (Å²) in [6.07, 6.45) is 0. The molecule has 0 aliphatic heterocycles. The SMILES string of the molecule is c1csc(-c2ccc(-c3c4c(c(-c5ccc(-c6cccs6)s5)c5c3ccc3c6cc7c(cc6ccc35)-c3cccc5cccc-7c35)-c3cccc5c3c-4cc3ccccc35)s2)c1. The van der Waals surface area contributed by atoms with E-state index in [1.54, 1.807) is 0 Å². The van der Waals surface area contributed by atoms with Crippen LogP contribution in [0.4, 0.5) is 0 Å². The predicted octanol–water partition coefficient (Wildman–Crippen LogP) is 18.8. The second-order valence-electron chi connectivity index (χ2n) is 16.6. The summed E-state index contributed by atoms with van der Waals surface area (Å²) in [7, 11) is 0. The van der Waals surface area contributed by atoms with Crippen molar-refractivity contribution in [3.63, 3.8) is 0 Å². The Hall–Kier alpha value is -6.66. The van der Waals surface area contributed by atoms with E-state index in [2.05, 4.69) is 181 Å². The molecule has 13 aromatic rings. The molecule has 0 atom stereocenters. The van der Waals surface area contributed by atoms with Crippen molar-refractivity contribution in [2.24, 2.45) is 0 Å². The van der Waals surface area contributed by atoms with E-state index in [0.717, 1.165) is 0 Å². The van der Waals surface area contributed by atoms with Crippen molar-refractivity contribution in [1.82, 2.24) is 0 Å². The minimum Gasteiger partial charge on any atom is -0.143 e. The molecule has 0 unspecified atom stereocenters. The van der Waals surface area contributed by atoms with Gasteiger partial charge in [-0.15, -0.1) is 45.3 Å². The summed E-state index contributed by atoms with van der Waals surface area (Å²) in [6, 6.07) is 65.0. The first-order valence-corrected chi connectivity index (χ1v) is 24.4. The van der Waals surface area contributed by atoms with Gasteiger partial charge in [0.25, 0.3) is 0 Å². The van der Waals surface area contributed by atoms with Crippen LogP contribution in [0, 0.1) is 0 Å². The molecule has 62 heavy (non-hydrogen) atoms. The van der Waals surface area contributed by atoms with Crippen LogP contribution in [0.3, 0.4) is 0 Å². The summed E-state index contributed by atoms with van der Waals surface area (Å²) in [4.78, 5) is 7.88. The molecule has 286 valence electrons. The van der Waals surface area contributed by atoms with E-state index in [1.165, 1.54) is 150 Å². The van der Waals surface area contributed by atoms with Crippen LogP contribution in [0.1, 0.15) is 0 Å². The quantitative estimate of drug-likeness (QED) is 0.155. The van der Waals surface area contributed by atoms with Crippen molar-refractivity contribution >= 4 is 110 Å². The van der Waals surface area contributed by atoms with Gasteiger partial charge in [0.05, 0.1) is 0 Å². The van der Waals surface area contributed by atoms with Gasteiger partial charge >= 0.3 is 0 Å². The molecule has 0 nitrogen and oxygen atoms in total. The molecule has 0 amide bonds. The Morgan fingerprint density at radius 1 is 0.242 bits per heavy atom. The predicted molar refractivity (Wildman–Crippen MR) is 274 cm³/mol. The van der Waals surface area contributed by atoms with Gasteiger partial charge in [-0.25, -0.2) is 0 Å². The highest BCUT2D eigenvalue weighted by molar-refractivity contribution is 7.24. The van der Waals surface area contributed by atoms with Gasteiger partial charge in [-0.3, -0.25) is 0 Å². The lowest BCUT2D eigenvalue weighted by Crippen LogP contribution is -1.93. The Balaban J connectivity index is 1.12. The number of fused-ring (bicyclic) bond motifs is 13. The normalized spacial score (nSPS) is 12.5. The number of rotatable bonds is 4. The lowest BCUT2D eigenvalue weighted by Gasteiger charge is -2.21. The first-order valence-electron chi connectivity index (χ1n) is 21.0. The molecule has 4 aromatic heterocycles. The second kappa shape index (κ2) is 12.5. The van der Waals surface area contributed by atoms with Crippen LogP contribution in [0.5, 0.6) is 0 Å². The van der Waals surface area contributed by atoms with Crippen LogP contribution in [0.2, 0.25) is 0 Å². The van der Waals surface area contributed by atoms with Gasteiger partial charge in [-0.2, -0.15) is 0 Å². The van der Waals surface area contributed by atoms with Crippen molar-refractivity contribution < 1.29 is 0 Å². The highest BCUT2D eigenvalue weighted by atomic mass is 32.1. The fourth-order valence-corrected chi connectivity index (χ4v) is 14.9. The number of benzene rings is 9. The van der Waals surface area contributed by atoms with Crippen molar-refractivity contribution in [2.75, 3.05) is 0 Å². The average molecular weight is 855 g/mol. The molecular formula is C58H30S4. The van der Waals surface area contributed by atoms with Crippen molar-refractivity contribution in [2.45, 2.75) is 0 Å². The second-order valence-corrected chi connectivity index (χ2v) is 20.7. The van der Waals surface area contributed by atoms with Gasteiger partial charge in [0.1, 0.15) is 0 Å². The van der Waals surface area contributed by atoms with Crippen molar-refractivity contribution in [1.29, 1.82) is 0 Å². The van der Waals surface area contributed by atoms with Gasteiger partial charge in [0, 0.05) is 51.5 Å². The molecule has 2 aliphatic carbocycles. The van der Waals surface area contributed by atoms with Crippen LogP contribution >= 0.6 is 45.3 Å². The van der Waals surface area contributed by atoms with Gasteiger partial charge in [0.2, 0.25) is 0 Å². The van der Waals surface area contributed by atoms with Crippen LogP contribution in [-0.4, -0.2) is 0 Å². The molecule has 4 heteroatoms.